The number of benzene rings is 2. The van der Waals surface area contributed by atoms with Gasteiger partial charge in [0.2, 0.25) is 0 Å². The molecule has 1 saturated heterocycles. The van der Waals surface area contributed by atoms with E-state index in [0.717, 1.165) is 17.6 Å². The molecule has 1 unspecified atom stereocenters. The van der Waals surface area contributed by atoms with Crippen LogP contribution in [-0.4, -0.2) is 50.1 Å². The topological polar surface area (TPSA) is 119 Å². The van der Waals surface area contributed by atoms with Crippen LogP contribution in [0.5, 0.6) is 0 Å². The number of likely N-dealkylation sites (tertiary alicyclic amines) is 1. The maximum Gasteiger partial charge on any atom is 0.417 e. The number of alkyl halides is 3. The van der Waals surface area contributed by atoms with E-state index in [1.165, 1.54) is 12.1 Å². The minimum absolute atomic E-state index is 0.0727. The van der Waals surface area contributed by atoms with Crippen LogP contribution in [0.2, 0.25) is 0 Å². The Morgan fingerprint density at radius 1 is 1.16 bits per heavy atom. The highest BCUT2D eigenvalue weighted by Crippen LogP contribution is 2.36. The first-order valence-electron chi connectivity index (χ1n) is 11.4. The van der Waals surface area contributed by atoms with Crippen LogP contribution in [-0.2, 0) is 17.4 Å². The molecule has 37 heavy (non-hydrogen) atoms. The Hall–Kier alpha value is -3.82. The number of carbonyl (C=O) groups is 2. The van der Waals surface area contributed by atoms with E-state index >= 15 is 0 Å². The highest BCUT2D eigenvalue weighted by atomic mass is 32.1. The van der Waals surface area contributed by atoms with E-state index in [1.807, 2.05) is 0 Å². The molecule has 3 aromatic rings. The van der Waals surface area contributed by atoms with Crippen LogP contribution in [0, 0.1) is 17.2 Å². The van der Waals surface area contributed by atoms with Crippen molar-refractivity contribution in [2.45, 2.75) is 31.0 Å². The molecule has 0 bridgehead atoms. The number of rotatable bonds is 6. The highest BCUT2D eigenvalue weighted by molar-refractivity contribution is 7.03. The van der Waals surface area contributed by atoms with Gasteiger partial charge in [0.25, 0.3) is 11.8 Å². The molecular formula is C25H22F3N5O3S. The number of aliphatic hydroxyl groups is 1. The third-order valence-corrected chi connectivity index (χ3v) is 6.95. The quantitative estimate of drug-likeness (QED) is 0.500. The molecule has 8 nitrogen and oxygen atoms in total. The molecule has 1 aromatic heterocycles. The van der Waals surface area contributed by atoms with Crippen LogP contribution in [0.3, 0.4) is 0 Å². The number of halogens is 3. The Morgan fingerprint density at radius 2 is 1.86 bits per heavy atom. The molecule has 1 atom stereocenters. The fraction of sp³-hybridized carbons (Fsp3) is 0.320. The molecule has 2 heterocycles. The Kier molecular flexibility index (Phi) is 7.56. The summed E-state index contributed by atoms with van der Waals surface area (Å²) in [6.45, 7) is 0.529. The summed E-state index contributed by atoms with van der Waals surface area (Å²) in [6, 6.07) is 13.1. The fourth-order valence-corrected chi connectivity index (χ4v) is 4.92. The summed E-state index contributed by atoms with van der Waals surface area (Å²) in [5.41, 5.74) is -3.01. The number of hydrogen-bond acceptors (Lipinski definition) is 7. The van der Waals surface area contributed by atoms with Crippen LogP contribution in [0.25, 0.3) is 0 Å². The van der Waals surface area contributed by atoms with Crippen molar-refractivity contribution in [3.05, 3.63) is 76.3 Å². The van der Waals surface area contributed by atoms with E-state index in [-0.39, 0.29) is 36.8 Å². The van der Waals surface area contributed by atoms with Crippen molar-refractivity contribution in [1.29, 1.82) is 5.26 Å². The van der Waals surface area contributed by atoms with Gasteiger partial charge in [-0.3, -0.25) is 9.59 Å². The average molecular weight is 530 g/mol. The van der Waals surface area contributed by atoms with Crippen LogP contribution >= 0.6 is 11.5 Å². The highest BCUT2D eigenvalue weighted by Gasteiger charge is 2.46. The SMILES string of the molecule is N#Cc1ccc(NC(=O)C(O)(Cc2ccccc2)C2CCN(C(=O)c3csnn3)CC2)cc1C(F)(F)F. The predicted molar refractivity (Wildman–Crippen MR) is 128 cm³/mol. The van der Waals surface area contributed by atoms with Crippen LogP contribution in [0.4, 0.5) is 18.9 Å². The zero-order valence-electron chi connectivity index (χ0n) is 19.4. The molecule has 2 amide bonds. The molecule has 2 aromatic carbocycles. The van der Waals surface area contributed by atoms with Gasteiger partial charge in [0.1, 0.15) is 5.60 Å². The van der Waals surface area contributed by atoms with Crippen LogP contribution in [0.1, 0.15) is 40.0 Å². The number of anilines is 1. The lowest BCUT2D eigenvalue weighted by Gasteiger charge is -2.40. The number of carbonyl (C=O) groups excluding carboxylic acids is 2. The number of nitrogens with zero attached hydrogens (tertiary/aromatic N) is 4. The molecule has 1 fully saturated rings. The maximum absolute atomic E-state index is 13.5. The second-order valence-electron chi connectivity index (χ2n) is 8.77. The minimum Gasteiger partial charge on any atom is -0.379 e. The van der Waals surface area contributed by atoms with Crippen molar-refractivity contribution in [2.75, 3.05) is 18.4 Å². The Bertz CT molecular complexity index is 1300. The summed E-state index contributed by atoms with van der Waals surface area (Å²) in [6.07, 6.45) is -4.28. The van der Waals surface area contributed by atoms with E-state index in [0.29, 0.717) is 24.5 Å². The summed E-state index contributed by atoms with van der Waals surface area (Å²) < 4.78 is 43.9. The van der Waals surface area contributed by atoms with Crippen molar-refractivity contribution < 1.29 is 27.9 Å². The molecule has 0 radical (unpaired) electrons. The molecule has 1 aliphatic rings. The van der Waals surface area contributed by atoms with E-state index in [2.05, 4.69) is 14.9 Å². The number of nitrogens with one attached hydrogen (secondary N) is 1. The lowest BCUT2D eigenvalue weighted by atomic mass is 9.76. The average Bonchev–Trinajstić information content (AvgIpc) is 3.43. The van der Waals surface area contributed by atoms with E-state index in [4.69, 9.17) is 5.26 Å². The lowest BCUT2D eigenvalue weighted by molar-refractivity contribution is -0.142. The van der Waals surface area contributed by atoms with Crippen LogP contribution < -0.4 is 5.32 Å². The third-order valence-electron chi connectivity index (χ3n) is 6.45. The van der Waals surface area contributed by atoms with Crippen molar-refractivity contribution in [3.63, 3.8) is 0 Å². The molecule has 1 aliphatic heterocycles. The number of nitriles is 1. The second kappa shape index (κ2) is 10.7. The number of aromatic nitrogens is 2. The molecule has 192 valence electrons. The van der Waals surface area contributed by atoms with Gasteiger partial charge < -0.3 is 15.3 Å². The van der Waals surface area contributed by atoms with E-state index in [1.54, 1.807) is 40.6 Å². The van der Waals surface area contributed by atoms with Gasteiger partial charge in [0, 0.05) is 36.5 Å². The maximum atomic E-state index is 13.5. The second-order valence-corrected chi connectivity index (χ2v) is 9.38. The number of amides is 2. The molecule has 4 rings (SSSR count). The summed E-state index contributed by atoms with van der Waals surface area (Å²) in [5.74, 6) is -1.73. The summed E-state index contributed by atoms with van der Waals surface area (Å²) in [5, 5.41) is 28.5. The molecule has 2 N–H and O–H groups in total. The van der Waals surface area contributed by atoms with Crippen molar-refractivity contribution in [3.8, 4) is 6.07 Å². The molecule has 0 spiro atoms. The summed E-state index contributed by atoms with van der Waals surface area (Å²) >= 11 is 1.06. The van der Waals surface area contributed by atoms with Gasteiger partial charge in [-0.1, -0.05) is 34.8 Å². The third kappa shape index (κ3) is 5.79. The molecule has 12 heteroatoms. The molecule has 0 aliphatic carbocycles. The first-order chi connectivity index (χ1) is 17.6. The molecule has 0 saturated carbocycles. The van der Waals surface area contributed by atoms with Crippen molar-refractivity contribution in [1.82, 2.24) is 14.5 Å². The van der Waals surface area contributed by atoms with Gasteiger partial charge in [0.05, 0.1) is 17.2 Å². The van der Waals surface area contributed by atoms with Gasteiger partial charge in [-0.15, -0.1) is 5.10 Å². The lowest BCUT2D eigenvalue weighted by Crippen LogP contribution is -2.54. The van der Waals surface area contributed by atoms with Gasteiger partial charge in [-0.25, -0.2) is 0 Å². The zero-order valence-corrected chi connectivity index (χ0v) is 20.2. The number of piperidine rings is 1. The van der Waals surface area contributed by atoms with Gasteiger partial charge >= 0.3 is 6.18 Å². The standard InChI is InChI=1S/C25H22F3N5O3S/c26-25(27,28)20-12-19(7-6-17(20)14-29)30-23(35)24(36,13-16-4-2-1-3-5-16)18-8-10-33(11-9-18)22(34)21-15-37-32-31-21/h1-7,12,15,18,36H,8-11,13H2,(H,30,35). The Labute approximate surface area is 214 Å². The van der Waals surface area contributed by atoms with E-state index < -0.39 is 34.7 Å². The zero-order chi connectivity index (χ0) is 26.6. The normalized spacial score (nSPS) is 16.0. The Morgan fingerprint density at radius 3 is 2.46 bits per heavy atom. The van der Waals surface area contributed by atoms with Gasteiger partial charge in [-0.2, -0.15) is 18.4 Å². The largest absolute Gasteiger partial charge is 0.417 e. The monoisotopic (exact) mass is 529 g/mol. The Balaban J connectivity index is 1.57. The first kappa shape index (κ1) is 26.2. The van der Waals surface area contributed by atoms with Gasteiger partial charge in [0.15, 0.2) is 5.69 Å². The first-order valence-corrected chi connectivity index (χ1v) is 12.2. The van der Waals surface area contributed by atoms with Crippen molar-refractivity contribution in [2.24, 2.45) is 5.92 Å². The van der Waals surface area contributed by atoms with Crippen molar-refractivity contribution >= 4 is 29.0 Å². The minimum atomic E-state index is -4.79. The smallest absolute Gasteiger partial charge is 0.379 e. The number of hydrogen-bond donors (Lipinski definition) is 2. The van der Waals surface area contributed by atoms with Gasteiger partial charge in [-0.05, 0) is 48.1 Å². The fourth-order valence-electron chi connectivity index (χ4n) is 4.49. The van der Waals surface area contributed by atoms with E-state index in [9.17, 15) is 27.9 Å². The predicted octanol–water partition coefficient (Wildman–Crippen LogP) is 3.89. The summed E-state index contributed by atoms with van der Waals surface area (Å²) in [4.78, 5) is 27.6. The van der Waals surface area contributed by atoms with Crippen LogP contribution in [0.15, 0.2) is 53.9 Å². The molecular weight excluding hydrogens is 507 g/mol. The summed E-state index contributed by atoms with van der Waals surface area (Å²) in [7, 11) is 0.